The molecule has 0 aliphatic rings. The van der Waals surface area contributed by atoms with Crippen LogP contribution in [0.15, 0.2) is 12.3 Å². The Bertz CT molecular complexity index is 491. The maximum Gasteiger partial charge on any atom is 0.288 e. The molecule has 0 saturated carbocycles. The number of carbonyl (C=O) groups excluding carboxylic acids is 1. The molecule has 1 heterocycles. The largest absolute Gasteiger partial charge is 0.370 e. The third-order valence-corrected chi connectivity index (χ3v) is 2.82. The summed E-state index contributed by atoms with van der Waals surface area (Å²) >= 11 is 0. The number of carbonyl (C=O) groups is 1. The highest BCUT2D eigenvalue weighted by Crippen LogP contribution is 2.21. The molecule has 0 unspecified atom stereocenters. The van der Waals surface area contributed by atoms with Gasteiger partial charge in [0.25, 0.3) is 11.6 Å². The molecule has 110 valence electrons. The first-order valence-corrected chi connectivity index (χ1v) is 6.72. The minimum atomic E-state index is -0.546. The predicted molar refractivity (Wildman–Crippen MR) is 76.9 cm³/mol. The quantitative estimate of drug-likeness (QED) is 0.611. The Hall–Kier alpha value is -2.18. The first-order valence-electron chi connectivity index (χ1n) is 6.72. The Morgan fingerprint density at radius 3 is 2.65 bits per heavy atom. The number of hydrogen-bond acceptors (Lipinski definition) is 5. The fourth-order valence-corrected chi connectivity index (χ4v) is 1.87. The number of rotatable bonds is 7. The van der Waals surface area contributed by atoms with Gasteiger partial charge in [-0.1, -0.05) is 6.92 Å². The van der Waals surface area contributed by atoms with E-state index in [2.05, 4.69) is 10.3 Å². The second-order valence-corrected chi connectivity index (χ2v) is 4.26. The highest BCUT2D eigenvalue weighted by Gasteiger charge is 2.21. The molecule has 0 spiro atoms. The van der Waals surface area contributed by atoms with Crippen molar-refractivity contribution < 1.29 is 9.72 Å². The van der Waals surface area contributed by atoms with E-state index >= 15 is 0 Å². The Balaban J connectivity index is 3.19. The van der Waals surface area contributed by atoms with E-state index in [1.807, 2.05) is 20.8 Å². The first-order chi connectivity index (χ1) is 9.54. The number of aromatic nitrogens is 1. The normalized spacial score (nSPS) is 10.2. The number of amides is 1. The summed E-state index contributed by atoms with van der Waals surface area (Å²) in [7, 11) is 0. The van der Waals surface area contributed by atoms with Crippen molar-refractivity contribution >= 4 is 17.4 Å². The van der Waals surface area contributed by atoms with Crippen LogP contribution >= 0.6 is 0 Å². The van der Waals surface area contributed by atoms with Gasteiger partial charge >= 0.3 is 0 Å². The Morgan fingerprint density at radius 1 is 1.45 bits per heavy atom. The molecule has 0 aliphatic heterocycles. The van der Waals surface area contributed by atoms with E-state index < -0.39 is 4.92 Å². The summed E-state index contributed by atoms with van der Waals surface area (Å²) < 4.78 is 0. The number of pyridine rings is 1. The van der Waals surface area contributed by atoms with Crippen LogP contribution in [-0.2, 0) is 0 Å². The van der Waals surface area contributed by atoms with Crippen LogP contribution in [0.25, 0.3) is 0 Å². The van der Waals surface area contributed by atoms with Gasteiger partial charge in [0.05, 0.1) is 10.5 Å². The number of hydrogen-bond donors (Lipinski definition) is 1. The van der Waals surface area contributed by atoms with Crippen LogP contribution in [0.3, 0.4) is 0 Å². The van der Waals surface area contributed by atoms with Crippen molar-refractivity contribution in [1.29, 1.82) is 0 Å². The zero-order valence-electron chi connectivity index (χ0n) is 12.0. The third-order valence-electron chi connectivity index (χ3n) is 2.82. The van der Waals surface area contributed by atoms with Crippen LogP contribution in [0.4, 0.5) is 11.5 Å². The van der Waals surface area contributed by atoms with Crippen molar-refractivity contribution in [1.82, 2.24) is 9.88 Å². The van der Waals surface area contributed by atoms with Gasteiger partial charge in [0.2, 0.25) is 0 Å². The molecule has 1 rings (SSSR count). The highest BCUT2D eigenvalue weighted by molar-refractivity contribution is 5.99. The summed E-state index contributed by atoms with van der Waals surface area (Å²) in [6.45, 7) is 7.49. The predicted octanol–water partition coefficient (Wildman–Crippen LogP) is 2.29. The molecular formula is C13H20N4O3. The molecule has 0 saturated heterocycles. The molecule has 0 bridgehead atoms. The molecule has 1 aromatic rings. The van der Waals surface area contributed by atoms with Gasteiger partial charge in [-0.3, -0.25) is 14.9 Å². The number of anilines is 1. The maximum absolute atomic E-state index is 12.5. The van der Waals surface area contributed by atoms with E-state index in [1.165, 1.54) is 6.07 Å². The number of nitro groups is 1. The Labute approximate surface area is 118 Å². The van der Waals surface area contributed by atoms with Gasteiger partial charge in [-0.05, 0) is 20.3 Å². The molecule has 1 aromatic heterocycles. The maximum atomic E-state index is 12.5. The lowest BCUT2D eigenvalue weighted by Gasteiger charge is -2.21. The molecule has 0 radical (unpaired) electrons. The van der Waals surface area contributed by atoms with Crippen molar-refractivity contribution in [3.63, 3.8) is 0 Å². The average molecular weight is 280 g/mol. The van der Waals surface area contributed by atoms with Gasteiger partial charge in [0.1, 0.15) is 12.0 Å². The minimum absolute atomic E-state index is 0.178. The van der Waals surface area contributed by atoms with Crippen molar-refractivity contribution in [3.05, 3.63) is 27.9 Å². The summed E-state index contributed by atoms with van der Waals surface area (Å²) in [6, 6.07) is 1.28. The van der Waals surface area contributed by atoms with Gasteiger partial charge in [-0.15, -0.1) is 0 Å². The fourth-order valence-electron chi connectivity index (χ4n) is 1.87. The number of nitrogens with zero attached hydrogens (tertiary/aromatic N) is 3. The first kappa shape index (κ1) is 15.9. The smallest absolute Gasteiger partial charge is 0.288 e. The fraction of sp³-hybridized carbons (Fsp3) is 0.538. The van der Waals surface area contributed by atoms with E-state index in [9.17, 15) is 14.9 Å². The van der Waals surface area contributed by atoms with Crippen LogP contribution < -0.4 is 5.32 Å². The molecule has 7 heteroatoms. The van der Waals surface area contributed by atoms with Crippen LogP contribution in [0.1, 0.15) is 37.6 Å². The molecule has 0 fully saturated rings. The van der Waals surface area contributed by atoms with Crippen LogP contribution in [0.2, 0.25) is 0 Å². The Kier molecular flexibility index (Phi) is 5.89. The number of nitrogens with one attached hydrogen (secondary N) is 1. The summed E-state index contributed by atoms with van der Waals surface area (Å²) in [5.74, 6) is 0.152. The monoisotopic (exact) mass is 280 g/mol. The molecule has 20 heavy (non-hydrogen) atoms. The van der Waals surface area contributed by atoms with Crippen LogP contribution in [0.5, 0.6) is 0 Å². The van der Waals surface area contributed by atoms with Gasteiger partial charge in [0, 0.05) is 25.7 Å². The molecule has 1 N–H and O–H groups in total. The SMILES string of the molecule is CCCN(CC)C(=O)c1cc([N+](=O)[O-])cnc1NCC. The summed E-state index contributed by atoms with van der Waals surface area (Å²) in [5, 5.41) is 13.8. The summed E-state index contributed by atoms with van der Waals surface area (Å²) in [5.41, 5.74) is 0.0684. The molecule has 7 nitrogen and oxygen atoms in total. The zero-order chi connectivity index (χ0) is 15.1. The second kappa shape index (κ2) is 7.42. The standard InChI is InChI=1S/C13H20N4O3/c1-4-7-16(6-3)13(18)11-8-10(17(19)20)9-15-12(11)14-5-2/h8-9H,4-7H2,1-3H3,(H,14,15). The minimum Gasteiger partial charge on any atom is -0.370 e. The second-order valence-electron chi connectivity index (χ2n) is 4.26. The van der Waals surface area contributed by atoms with Crippen LogP contribution in [-0.4, -0.2) is 40.3 Å². The molecule has 1 amide bonds. The summed E-state index contributed by atoms with van der Waals surface area (Å²) in [6.07, 6.45) is 1.99. The molecular weight excluding hydrogens is 260 g/mol. The summed E-state index contributed by atoms with van der Waals surface area (Å²) in [4.78, 5) is 28.4. The van der Waals surface area contributed by atoms with E-state index in [-0.39, 0.29) is 17.2 Å². The van der Waals surface area contributed by atoms with Crippen molar-refractivity contribution in [2.45, 2.75) is 27.2 Å². The molecule has 0 aromatic carbocycles. The van der Waals surface area contributed by atoms with Gasteiger partial charge in [0.15, 0.2) is 0 Å². The average Bonchev–Trinajstić information content (AvgIpc) is 2.44. The van der Waals surface area contributed by atoms with Gasteiger partial charge in [-0.25, -0.2) is 4.98 Å². The van der Waals surface area contributed by atoms with Crippen LogP contribution in [0, 0.1) is 10.1 Å². The molecule has 0 aliphatic carbocycles. The van der Waals surface area contributed by atoms with Crippen molar-refractivity contribution in [3.8, 4) is 0 Å². The van der Waals surface area contributed by atoms with E-state index in [0.29, 0.717) is 25.5 Å². The topological polar surface area (TPSA) is 88.4 Å². The third kappa shape index (κ3) is 3.66. The lowest BCUT2D eigenvalue weighted by molar-refractivity contribution is -0.385. The van der Waals surface area contributed by atoms with E-state index in [0.717, 1.165) is 12.6 Å². The van der Waals surface area contributed by atoms with E-state index in [1.54, 1.807) is 4.90 Å². The molecule has 0 atom stereocenters. The zero-order valence-corrected chi connectivity index (χ0v) is 12.0. The lowest BCUT2D eigenvalue weighted by Crippen LogP contribution is -2.32. The van der Waals surface area contributed by atoms with E-state index in [4.69, 9.17) is 0 Å². The Morgan fingerprint density at radius 2 is 2.15 bits per heavy atom. The highest BCUT2D eigenvalue weighted by atomic mass is 16.6. The van der Waals surface area contributed by atoms with Gasteiger partial charge < -0.3 is 10.2 Å². The van der Waals surface area contributed by atoms with Gasteiger partial charge in [-0.2, -0.15) is 0 Å². The van der Waals surface area contributed by atoms with Crippen molar-refractivity contribution in [2.24, 2.45) is 0 Å². The lowest BCUT2D eigenvalue weighted by atomic mass is 10.2. The van der Waals surface area contributed by atoms with Crippen molar-refractivity contribution in [2.75, 3.05) is 25.0 Å².